The number of hydrogen-bond donors (Lipinski definition) is 0. The fourth-order valence-electron chi connectivity index (χ4n) is 2.25. The Balaban J connectivity index is 2.36. The van der Waals surface area contributed by atoms with Gasteiger partial charge in [-0.1, -0.05) is 11.6 Å². The molecule has 21 heavy (non-hydrogen) atoms. The lowest BCUT2D eigenvalue weighted by Gasteiger charge is -2.12. The lowest BCUT2D eigenvalue weighted by molar-refractivity contribution is 0.629. The zero-order valence-electron chi connectivity index (χ0n) is 10.9. The van der Waals surface area contributed by atoms with Gasteiger partial charge < -0.3 is 0 Å². The predicted molar refractivity (Wildman–Crippen MR) is 93.0 cm³/mol. The Bertz CT molecular complexity index is 830. The van der Waals surface area contributed by atoms with Crippen molar-refractivity contribution in [1.82, 2.24) is 9.55 Å². The number of fused-ring (bicyclic) bond motifs is 1. The minimum Gasteiger partial charge on any atom is -0.294 e. The minimum atomic E-state index is -0.324. The molecule has 0 aliphatic heterocycles. The van der Waals surface area contributed by atoms with E-state index in [4.69, 9.17) is 23.2 Å². The van der Waals surface area contributed by atoms with Crippen LogP contribution in [0.25, 0.3) is 16.7 Å². The average Bonchev–Trinajstić information content (AvgIpc) is 2.77. The van der Waals surface area contributed by atoms with E-state index in [9.17, 15) is 4.39 Å². The van der Waals surface area contributed by atoms with Gasteiger partial charge in [-0.05, 0) is 59.8 Å². The molecule has 1 unspecified atom stereocenters. The third-order valence-corrected chi connectivity index (χ3v) is 4.32. The van der Waals surface area contributed by atoms with Crippen molar-refractivity contribution in [3.63, 3.8) is 0 Å². The Morgan fingerprint density at radius 2 is 2.00 bits per heavy atom. The molecule has 3 aromatic rings. The number of alkyl halides is 1. The molecular weight excluding hydrogens is 425 g/mol. The predicted octanol–water partition coefficient (Wildman–Crippen LogP) is 5.72. The monoisotopic (exact) mass is 434 g/mol. The summed E-state index contributed by atoms with van der Waals surface area (Å²) in [6.07, 6.45) is 0. The van der Waals surface area contributed by atoms with Crippen molar-refractivity contribution < 1.29 is 4.39 Å². The van der Waals surface area contributed by atoms with Gasteiger partial charge in [-0.15, -0.1) is 11.6 Å². The van der Waals surface area contributed by atoms with Crippen molar-refractivity contribution in [3.05, 3.63) is 56.6 Å². The van der Waals surface area contributed by atoms with E-state index >= 15 is 0 Å². The average molecular weight is 435 g/mol. The molecule has 0 spiro atoms. The Morgan fingerprint density at radius 1 is 1.24 bits per heavy atom. The van der Waals surface area contributed by atoms with E-state index in [1.807, 2.05) is 29.7 Å². The van der Waals surface area contributed by atoms with E-state index in [0.717, 1.165) is 14.8 Å². The summed E-state index contributed by atoms with van der Waals surface area (Å²) in [7, 11) is 0. The standard InChI is InChI=1S/C15H10Cl2FIN2/c1-8(16)15-20-12-6-9(18)2-4-14(12)21(15)13-5-3-10(19)7-11(13)17/h2-8H,1H3. The van der Waals surface area contributed by atoms with Gasteiger partial charge >= 0.3 is 0 Å². The van der Waals surface area contributed by atoms with Crippen molar-refractivity contribution in [2.24, 2.45) is 0 Å². The maximum absolute atomic E-state index is 13.4. The van der Waals surface area contributed by atoms with E-state index in [0.29, 0.717) is 16.4 Å². The van der Waals surface area contributed by atoms with Crippen LogP contribution in [0, 0.1) is 9.39 Å². The summed E-state index contributed by atoms with van der Waals surface area (Å²) >= 11 is 14.8. The van der Waals surface area contributed by atoms with E-state index in [-0.39, 0.29) is 11.2 Å². The smallest absolute Gasteiger partial charge is 0.132 e. The molecule has 2 nitrogen and oxygen atoms in total. The molecule has 0 aliphatic rings. The summed E-state index contributed by atoms with van der Waals surface area (Å²) in [6, 6.07) is 10.2. The van der Waals surface area contributed by atoms with Crippen LogP contribution in [0.15, 0.2) is 36.4 Å². The number of nitrogens with zero attached hydrogens (tertiary/aromatic N) is 2. The number of aromatic nitrogens is 2. The van der Waals surface area contributed by atoms with E-state index < -0.39 is 0 Å². The number of hydrogen-bond acceptors (Lipinski definition) is 1. The molecule has 0 amide bonds. The van der Waals surface area contributed by atoms with Crippen LogP contribution < -0.4 is 0 Å². The van der Waals surface area contributed by atoms with Crippen molar-refractivity contribution in [2.45, 2.75) is 12.3 Å². The number of imidazole rings is 1. The molecule has 0 N–H and O–H groups in total. The quantitative estimate of drug-likeness (QED) is 0.372. The fourth-order valence-corrected chi connectivity index (χ4v) is 3.34. The van der Waals surface area contributed by atoms with Crippen LogP contribution in [0.1, 0.15) is 18.1 Å². The highest BCUT2D eigenvalue weighted by atomic mass is 127. The molecule has 1 heterocycles. The number of benzene rings is 2. The molecule has 1 atom stereocenters. The van der Waals surface area contributed by atoms with E-state index in [1.165, 1.54) is 12.1 Å². The zero-order chi connectivity index (χ0) is 15.1. The second-order valence-electron chi connectivity index (χ2n) is 4.65. The molecule has 0 aliphatic carbocycles. The van der Waals surface area contributed by atoms with Crippen LogP contribution in [0.3, 0.4) is 0 Å². The molecular formula is C15H10Cl2FIN2. The second-order valence-corrected chi connectivity index (χ2v) is 6.96. The molecule has 2 aromatic carbocycles. The normalized spacial score (nSPS) is 12.8. The second kappa shape index (κ2) is 5.74. The van der Waals surface area contributed by atoms with Gasteiger partial charge in [-0.3, -0.25) is 4.57 Å². The molecule has 1 aromatic heterocycles. The topological polar surface area (TPSA) is 17.8 Å². The highest BCUT2D eigenvalue weighted by Gasteiger charge is 2.18. The van der Waals surface area contributed by atoms with Crippen LogP contribution in [0.4, 0.5) is 4.39 Å². The van der Waals surface area contributed by atoms with Gasteiger partial charge in [0.2, 0.25) is 0 Å². The summed E-state index contributed by atoms with van der Waals surface area (Å²) in [5, 5.41) is 0.278. The van der Waals surface area contributed by atoms with Gasteiger partial charge in [0, 0.05) is 9.64 Å². The van der Waals surface area contributed by atoms with Gasteiger partial charge in [0.15, 0.2) is 0 Å². The molecule has 6 heteroatoms. The Hall–Kier alpha value is -0.850. The first-order valence-electron chi connectivity index (χ1n) is 6.25. The van der Waals surface area contributed by atoms with Crippen LogP contribution in [-0.4, -0.2) is 9.55 Å². The van der Waals surface area contributed by atoms with Crippen LogP contribution >= 0.6 is 45.8 Å². The molecule has 0 saturated heterocycles. The lowest BCUT2D eigenvalue weighted by Crippen LogP contribution is -2.02. The van der Waals surface area contributed by atoms with Crippen LogP contribution in [-0.2, 0) is 0 Å². The van der Waals surface area contributed by atoms with Crippen molar-refractivity contribution in [1.29, 1.82) is 0 Å². The minimum absolute atomic E-state index is 0.323. The largest absolute Gasteiger partial charge is 0.294 e. The van der Waals surface area contributed by atoms with Crippen LogP contribution in [0.2, 0.25) is 5.02 Å². The van der Waals surface area contributed by atoms with E-state index in [2.05, 4.69) is 27.6 Å². The van der Waals surface area contributed by atoms with Gasteiger partial charge in [0.05, 0.1) is 27.1 Å². The molecule has 0 saturated carbocycles. The fraction of sp³-hybridized carbons (Fsp3) is 0.133. The summed E-state index contributed by atoms with van der Waals surface area (Å²) in [6.45, 7) is 1.83. The Labute approximate surface area is 145 Å². The summed E-state index contributed by atoms with van der Waals surface area (Å²) in [5.74, 6) is 0.315. The lowest BCUT2D eigenvalue weighted by atomic mass is 10.2. The maximum atomic E-state index is 13.4. The third-order valence-electron chi connectivity index (χ3n) is 3.15. The molecule has 0 fully saturated rings. The van der Waals surface area contributed by atoms with Gasteiger partial charge in [0.25, 0.3) is 0 Å². The molecule has 0 bridgehead atoms. The van der Waals surface area contributed by atoms with Gasteiger partial charge in [-0.2, -0.15) is 0 Å². The van der Waals surface area contributed by atoms with E-state index in [1.54, 1.807) is 6.07 Å². The summed E-state index contributed by atoms with van der Waals surface area (Å²) in [4.78, 5) is 4.44. The summed E-state index contributed by atoms with van der Waals surface area (Å²) in [5.41, 5.74) is 2.13. The van der Waals surface area contributed by atoms with Crippen molar-refractivity contribution in [2.75, 3.05) is 0 Å². The van der Waals surface area contributed by atoms with Crippen molar-refractivity contribution in [3.8, 4) is 5.69 Å². The van der Waals surface area contributed by atoms with Crippen LogP contribution in [0.5, 0.6) is 0 Å². The first-order chi connectivity index (χ1) is 9.97. The van der Waals surface area contributed by atoms with Gasteiger partial charge in [0.1, 0.15) is 11.6 Å². The summed E-state index contributed by atoms with van der Waals surface area (Å²) < 4.78 is 16.3. The molecule has 108 valence electrons. The first kappa shape index (κ1) is 15.1. The first-order valence-corrected chi connectivity index (χ1v) is 8.14. The Morgan fingerprint density at radius 3 is 2.67 bits per heavy atom. The highest BCUT2D eigenvalue weighted by Crippen LogP contribution is 2.32. The van der Waals surface area contributed by atoms with Gasteiger partial charge in [-0.25, -0.2) is 9.37 Å². The SMILES string of the molecule is CC(Cl)c1nc2cc(F)ccc2n1-c1ccc(I)cc1Cl. The number of rotatable bonds is 2. The van der Waals surface area contributed by atoms with Crippen molar-refractivity contribution >= 4 is 56.8 Å². The Kier molecular flexibility index (Phi) is 4.12. The zero-order valence-corrected chi connectivity index (χ0v) is 14.6. The highest BCUT2D eigenvalue weighted by molar-refractivity contribution is 14.1. The maximum Gasteiger partial charge on any atom is 0.132 e. The molecule has 0 radical (unpaired) electrons. The third kappa shape index (κ3) is 2.76. The number of halogens is 4. The molecule has 3 rings (SSSR count).